The lowest BCUT2D eigenvalue weighted by molar-refractivity contribution is 0.168. The highest BCUT2D eigenvalue weighted by molar-refractivity contribution is 7.91. The fourth-order valence-electron chi connectivity index (χ4n) is 3.68. The van der Waals surface area contributed by atoms with E-state index in [-0.39, 0.29) is 23.5 Å². The number of piperidine rings is 1. The molecule has 3 heterocycles. The molecule has 138 valence electrons. The van der Waals surface area contributed by atoms with Crippen LogP contribution in [0, 0.1) is 11.8 Å². The first-order chi connectivity index (χ1) is 12.0. The molecule has 1 aromatic heterocycles. The standard InChI is InChI=1S/C18H27N3O3S/c22-18(20-14-16-5-10-25(23,24)11-6-16)21-8-3-15(4-9-21)12-17-2-1-7-19-13-17/h1-2,7,13,15-16H,3-6,8-12,14H2,(H,20,22). The number of nitrogens with one attached hydrogen (secondary N) is 1. The highest BCUT2D eigenvalue weighted by atomic mass is 32.2. The molecule has 2 fully saturated rings. The van der Waals surface area contributed by atoms with Crippen molar-refractivity contribution in [2.24, 2.45) is 11.8 Å². The first kappa shape index (κ1) is 18.2. The minimum atomic E-state index is -2.83. The second-order valence-corrected chi connectivity index (χ2v) is 9.58. The van der Waals surface area contributed by atoms with Crippen molar-refractivity contribution in [1.29, 1.82) is 0 Å². The maximum atomic E-state index is 12.3. The second-order valence-electron chi connectivity index (χ2n) is 7.28. The minimum absolute atomic E-state index is 0.00624. The topological polar surface area (TPSA) is 79.4 Å². The minimum Gasteiger partial charge on any atom is -0.338 e. The number of hydrogen-bond acceptors (Lipinski definition) is 4. The predicted molar refractivity (Wildman–Crippen MR) is 97.0 cm³/mol. The third kappa shape index (κ3) is 5.42. The molecule has 1 aromatic rings. The number of likely N-dealkylation sites (tertiary alicyclic amines) is 1. The van der Waals surface area contributed by atoms with E-state index in [0.29, 0.717) is 25.3 Å². The number of nitrogens with zero attached hydrogens (tertiary/aromatic N) is 2. The van der Waals surface area contributed by atoms with Crippen LogP contribution in [-0.2, 0) is 16.3 Å². The van der Waals surface area contributed by atoms with E-state index in [0.717, 1.165) is 32.4 Å². The number of aromatic nitrogens is 1. The van der Waals surface area contributed by atoms with Crippen LogP contribution in [0.15, 0.2) is 24.5 Å². The lowest BCUT2D eigenvalue weighted by Gasteiger charge is -2.32. The molecule has 7 heteroatoms. The normalized spacial score (nSPS) is 21.8. The summed E-state index contributed by atoms with van der Waals surface area (Å²) >= 11 is 0. The monoisotopic (exact) mass is 365 g/mol. The summed E-state index contributed by atoms with van der Waals surface area (Å²) in [5.41, 5.74) is 1.26. The van der Waals surface area contributed by atoms with Gasteiger partial charge in [0.1, 0.15) is 9.84 Å². The van der Waals surface area contributed by atoms with E-state index < -0.39 is 9.84 Å². The average molecular weight is 365 g/mol. The third-order valence-corrected chi connectivity index (χ3v) is 7.08. The molecule has 25 heavy (non-hydrogen) atoms. The Morgan fingerprint density at radius 2 is 1.88 bits per heavy atom. The molecule has 0 saturated carbocycles. The highest BCUT2D eigenvalue weighted by Gasteiger charge is 2.26. The Hall–Kier alpha value is -1.63. The van der Waals surface area contributed by atoms with Gasteiger partial charge in [-0.05, 0) is 55.6 Å². The van der Waals surface area contributed by atoms with E-state index in [9.17, 15) is 13.2 Å². The van der Waals surface area contributed by atoms with Crippen molar-refractivity contribution in [1.82, 2.24) is 15.2 Å². The molecule has 0 spiro atoms. The van der Waals surface area contributed by atoms with Gasteiger partial charge < -0.3 is 10.2 Å². The van der Waals surface area contributed by atoms with E-state index >= 15 is 0 Å². The molecule has 2 aliphatic heterocycles. The van der Waals surface area contributed by atoms with Crippen LogP contribution in [0.25, 0.3) is 0 Å². The van der Waals surface area contributed by atoms with Gasteiger partial charge in [-0.25, -0.2) is 13.2 Å². The number of pyridine rings is 1. The second kappa shape index (κ2) is 8.17. The first-order valence-corrected chi connectivity index (χ1v) is 11.0. The molecule has 0 unspecified atom stereocenters. The van der Waals surface area contributed by atoms with Crippen LogP contribution >= 0.6 is 0 Å². The van der Waals surface area contributed by atoms with Gasteiger partial charge in [0.05, 0.1) is 11.5 Å². The van der Waals surface area contributed by atoms with Gasteiger partial charge >= 0.3 is 6.03 Å². The Bertz CT molecular complexity index is 656. The van der Waals surface area contributed by atoms with Crippen molar-refractivity contribution in [3.8, 4) is 0 Å². The van der Waals surface area contributed by atoms with Gasteiger partial charge in [0, 0.05) is 32.0 Å². The quantitative estimate of drug-likeness (QED) is 0.883. The lowest BCUT2D eigenvalue weighted by Crippen LogP contribution is -2.46. The zero-order chi connectivity index (χ0) is 17.7. The van der Waals surface area contributed by atoms with E-state index in [2.05, 4.69) is 16.4 Å². The summed E-state index contributed by atoms with van der Waals surface area (Å²) < 4.78 is 22.9. The van der Waals surface area contributed by atoms with E-state index in [1.165, 1.54) is 5.56 Å². The van der Waals surface area contributed by atoms with Gasteiger partial charge in [-0.2, -0.15) is 0 Å². The zero-order valence-electron chi connectivity index (χ0n) is 14.6. The molecule has 3 rings (SSSR count). The van der Waals surface area contributed by atoms with Crippen LogP contribution in [0.4, 0.5) is 4.79 Å². The average Bonchev–Trinajstić information content (AvgIpc) is 2.62. The summed E-state index contributed by atoms with van der Waals surface area (Å²) in [7, 11) is -2.83. The van der Waals surface area contributed by atoms with Crippen LogP contribution in [-0.4, -0.2) is 55.5 Å². The number of rotatable bonds is 4. The molecule has 0 atom stereocenters. The molecular formula is C18H27N3O3S. The lowest BCUT2D eigenvalue weighted by atomic mass is 9.91. The van der Waals surface area contributed by atoms with Gasteiger partial charge in [0.15, 0.2) is 0 Å². The molecular weight excluding hydrogens is 338 g/mol. The molecule has 2 aliphatic rings. The zero-order valence-corrected chi connectivity index (χ0v) is 15.4. The smallest absolute Gasteiger partial charge is 0.317 e. The Balaban J connectivity index is 1.37. The van der Waals surface area contributed by atoms with Gasteiger partial charge in [-0.3, -0.25) is 4.98 Å². The van der Waals surface area contributed by atoms with Crippen LogP contribution < -0.4 is 5.32 Å². The Morgan fingerprint density at radius 3 is 2.52 bits per heavy atom. The molecule has 0 bridgehead atoms. The summed E-state index contributed by atoms with van der Waals surface area (Å²) in [6.45, 7) is 2.16. The van der Waals surface area contributed by atoms with Crippen molar-refractivity contribution in [2.45, 2.75) is 32.1 Å². The van der Waals surface area contributed by atoms with Crippen molar-refractivity contribution in [2.75, 3.05) is 31.1 Å². The number of sulfone groups is 1. The van der Waals surface area contributed by atoms with E-state index in [1.807, 2.05) is 17.2 Å². The summed E-state index contributed by atoms with van der Waals surface area (Å²) in [6, 6.07) is 4.07. The van der Waals surface area contributed by atoms with Crippen LogP contribution in [0.1, 0.15) is 31.2 Å². The van der Waals surface area contributed by atoms with Gasteiger partial charge in [0.2, 0.25) is 0 Å². The Kier molecular flexibility index (Phi) is 5.93. The van der Waals surface area contributed by atoms with Crippen molar-refractivity contribution >= 4 is 15.9 Å². The van der Waals surface area contributed by atoms with E-state index in [1.54, 1.807) is 6.20 Å². The molecule has 1 N–H and O–H groups in total. The Morgan fingerprint density at radius 1 is 1.16 bits per heavy atom. The van der Waals surface area contributed by atoms with Crippen LogP contribution in [0.2, 0.25) is 0 Å². The molecule has 0 aliphatic carbocycles. The number of carbonyl (C=O) groups is 1. The largest absolute Gasteiger partial charge is 0.338 e. The molecule has 0 radical (unpaired) electrons. The number of carbonyl (C=O) groups excluding carboxylic acids is 1. The summed E-state index contributed by atoms with van der Waals surface area (Å²) in [6.07, 6.45) is 8.10. The molecule has 2 saturated heterocycles. The van der Waals surface area contributed by atoms with Gasteiger partial charge in [-0.1, -0.05) is 6.07 Å². The SMILES string of the molecule is O=C(NCC1CCS(=O)(=O)CC1)N1CCC(Cc2cccnc2)CC1. The summed E-state index contributed by atoms with van der Waals surface area (Å²) in [5.74, 6) is 1.41. The highest BCUT2D eigenvalue weighted by Crippen LogP contribution is 2.22. The van der Waals surface area contributed by atoms with Crippen LogP contribution in [0.5, 0.6) is 0 Å². The van der Waals surface area contributed by atoms with Crippen LogP contribution in [0.3, 0.4) is 0 Å². The van der Waals surface area contributed by atoms with Crippen molar-refractivity contribution in [3.63, 3.8) is 0 Å². The molecule has 0 aromatic carbocycles. The van der Waals surface area contributed by atoms with Gasteiger partial charge in [0.25, 0.3) is 0 Å². The van der Waals surface area contributed by atoms with E-state index in [4.69, 9.17) is 0 Å². The Labute approximate surface area is 149 Å². The number of amides is 2. The van der Waals surface area contributed by atoms with Crippen molar-refractivity contribution in [3.05, 3.63) is 30.1 Å². The first-order valence-electron chi connectivity index (χ1n) is 9.14. The molecule has 2 amide bonds. The third-order valence-electron chi connectivity index (χ3n) is 5.37. The summed E-state index contributed by atoms with van der Waals surface area (Å²) in [4.78, 5) is 18.4. The maximum absolute atomic E-state index is 12.3. The predicted octanol–water partition coefficient (Wildman–Crippen LogP) is 1.87. The van der Waals surface area contributed by atoms with Gasteiger partial charge in [-0.15, -0.1) is 0 Å². The number of urea groups is 1. The number of hydrogen-bond donors (Lipinski definition) is 1. The summed E-state index contributed by atoms with van der Waals surface area (Å²) in [5, 5.41) is 3.00. The maximum Gasteiger partial charge on any atom is 0.317 e. The molecule has 6 nitrogen and oxygen atoms in total. The fourth-order valence-corrected chi connectivity index (χ4v) is 5.27. The van der Waals surface area contributed by atoms with Crippen molar-refractivity contribution < 1.29 is 13.2 Å². The fraction of sp³-hybridized carbons (Fsp3) is 0.667.